The Morgan fingerprint density at radius 1 is 1.25 bits per heavy atom. The smallest absolute Gasteiger partial charge is 0.171 e. The second-order valence-electron chi connectivity index (χ2n) is 1.47. The first-order valence-electron chi connectivity index (χ1n) is 2.09. The number of hydrogen-bond acceptors (Lipinski definition) is 5. The molecule has 0 aliphatic rings. The second kappa shape index (κ2) is 2.95. The van der Waals surface area contributed by atoms with Crippen molar-refractivity contribution in [2.75, 3.05) is 0 Å². The van der Waals surface area contributed by atoms with Crippen molar-refractivity contribution >= 4 is 0 Å². The first kappa shape index (κ1) is 7.80. The molecule has 0 spiro atoms. The van der Waals surface area contributed by atoms with Crippen molar-refractivity contribution in [2.45, 2.75) is 19.3 Å². The lowest BCUT2D eigenvalue weighted by molar-refractivity contribution is -0.353. The molecule has 0 rings (SSSR count). The Hall–Kier alpha value is -0.200. The molecule has 0 amide bonds. The minimum absolute atomic E-state index is 0.259. The van der Waals surface area contributed by atoms with Gasteiger partial charge in [0, 0.05) is 0 Å². The summed E-state index contributed by atoms with van der Waals surface area (Å²) in [6.07, 6.45) is -1.73. The molecular weight excluding hydrogens is 114 g/mol. The molecule has 0 heterocycles. The van der Waals surface area contributed by atoms with E-state index in [1.807, 2.05) is 0 Å². The highest BCUT2D eigenvalue weighted by Gasteiger charge is 2.15. The van der Waals surface area contributed by atoms with E-state index < -0.39 is 12.3 Å². The Morgan fingerprint density at radius 2 is 1.62 bits per heavy atom. The summed E-state index contributed by atoms with van der Waals surface area (Å²) >= 11 is 0. The van der Waals surface area contributed by atoms with Crippen LogP contribution >= 0.6 is 0 Å². The zero-order valence-electron chi connectivity index (χ0n) is 4.39. The average molecular weight is 123 g/mol. The summed E-state index contributed by atoms with van der Waals surface area (Å²) < 4.78 is 0. The molecule has 0 aromatic carbocycles. The van der Waals surface area contributed by atoms with E-state index in [0.29, 0.717) is 0 Å². The summed E-state index contributed by atoms with van der Waals surface area (Å²) in [5, 5.41) is 32.2. The molecule has 8 heavy (non-hydrogen) atoms. The van der Waals surface area contributed by atoms with Gasteiger partial charge >= 0.3 is 0 Å². The predicted octanol–water partition coefficient (Wildman–Crippen LogP) is -1.23. The standard InChI is InChI=1S/C3H9NO4/c1-2(3(5)6)4(7)8/h2-3,5-8H,1H3. The Labute approximate surface area is 46.3 Å². The highest BCUT2D eigenvalue weighted by atomic mass is 16.8. The fourth-order valence-corrected chi connectivity index (χ4v) is 0.119. The third-order valence-electron chi connectivity index (χ3n) is 0.796. The molecule has 0 fully saturated rings. The van der Waals surface area contributed by atoms with Crippen LogP contribution in [0.5, 0.6) is 0 Å². The van der Waals surface area contributed by atoms with E-state index in [1.165, 1.54) is 6.92 Å². The molecule has 0 aromatic rings. The van der Waals surface area contributed by atoms with Crippen LogP contribution in [0.25, 0.3) is 0 Å². The monoisotopic (exact) mass is 123 g/mol. The van der Waals surface area contributed by atoms with Crippen LogP contribution in [-0.4, -0.2) is 38.2 Å². The van der Waals surface area contributed by atoms with Crippen molar-refractivity contribution in [1.82, 2.24) is 5.23 Å². The zero-order valence-corrected chi connectivity index (χ0v) is 4.39. The van der Waals surface area contributed by atoms with E-state index in [0.717, 1.165) is 0 Å². The van der Waals surface area contributed by atoms with Gasteiger partial charge in [-0.2, -0.15) is 0 Å². The van der Waals surface area contributed by atoms with Gasteiger partial charge in [0.05, 0.1) is 0 Å². The number of aliphatic hydroxyl groups excluding tert-OH is 1. The van der Waals surface area contributed by atoms with Crippen LogP contribution in [0, 0.1) is 0 Å². The number of rotatable bonds is 2. The third kappa shape index (κ3) is 2.20. The third-order valence-corrected chi connectivity index (χ3v) is 0.796. The maximum Gasteiger partial charge on any atom is 0.171 e. The lowest BCUT2D eigenvalue weighted by Gasteiger charge is -2.16. The first-order valence-corrected chi connectivity index (χ1v) is 2.09. The topological polar surface area (TPSA) is 84.2 Å². The van der Waals surface area contributed by atoms with E-state index in [4.69, 9.17) is 20.6 Å². The zero-order chi connectivity index (χ0) is 6.73. The molecule has 0 saturated carbocycles. The molecule has 0 bridgehead atoms. The van der Waals surface area contributed by atoms with Crippen molar-refractivity contribution in [2.24, 2.45) is 0 Å². The SMILES string of the molecule is CC(C(O)O)N(O)O. The summed E-state index contributed by atoms with van der Waals surface area (Å²) in [5.41, 5.74) is 0. The number of aliphatic hydroxyl groups is 2. The predicted molar refractivity (Wildman–Crippen MR) is 23.1 cm³/mol. The molecule has 5 heteroatoms. The summed E-state index contributed by atoms with van der Waals surface area (Å²) in [4.78, 5) is 0. The van der Waals surface area contributed by atoms with Crippen LogP contribution in [0.1, 0.15) is 6.92 Å². The lowest BCUT2D eigenvalue weighted by Crippen LogP contribution is -2.36. The lowest BCUT2D eigenvalue weighted by atomic mass is 10.3. The highest BCUT2D eigenvalue weighted by molar-refractivity contribution is 4.51. The normalized spacial score (nSPS) is 15.4. The Kier molecular flexibility index (Phi) is 2.88. The van der Waals surface area contributed by atoms with Crippen molar-refractivity contribution in [3.05, 3.63) is 0 Å². The quantitative estimate of drug-likeness (QED) is 0.273. The molecule has 1 atom stereocenters. The van der Waals surface area contributed by atoms with E-state index in [-0.39, 0.29) is 5.23 Å². The first-order chi connectivity index (χ1) is 3.55. The molecule has 0 aromatic heterocycles. The van der Waals surface area contributed by atoms with Gasteiger partial charge in [0.25, 0.3) is 0 Å². The average Bonchev–Trinajstić information content (AvgIpc) is 1.64. The Morgan fingerprint density at radius 3 is 1.62 bits per heavy atom. The van der Waals surface area contributed by atoms with Crippen LogP contribution < -0.4 is 0 Å². The van der Waals surface area contributed by atoms with Crippen LogP contribution in [-0.2, 0) is 0 Å². The molecule has 4 N–H and O–H groups in total. The van der Waals surface area contributed by atoms with Crippen molar-refractivity contribution in [3.8, 4) is 0 Å². The maximum absolute atomic E-state index is 8.19. The maximum atomic E-state index is 8.19. The molecule has 0 radical (unpaired) electrons. The number of hydrogen-bond donors (Lipinski definition) is 4. The Balaban J connectivity index is 3.46. The Bertz CT molecular complexity index is 56.3. The van der Waals surface area contributed by atoms with Crippen LogP contribution in [0.4, 0.5) is 0 Å². The molecule has 50 valence electrons. The van der Waals surface area contributed by atoms with E-state index in [1.54, 1.807) is 0 Å². The van der Waals surface area contributed by atoms with Gasteiger partial charge in [-0.25, -0.2) is 0 Å². The van der Waals surface area contributed by atoms with Crippen LogP contribution in [0.15, 0.2) is 0 Å². The molecule has 0 aliphatic heterocycles. The number of nitrogens with zero attached hydrogens (tertiary/aromatic N) is 1. The minimum Gasteiger partial charge on any atom is -0.367 e. The summed E-state index contributed by atoms with van der Waals surface area (Å²) in [7, 11) is 0. The van der Waals surface area contributed by atoms with Gasteiger partial charge in [0.15, 0.2) is 6.29 Å². The molecule has 5 nitrogen and oxygen atoms in total. The van der Waals surface area contributed by atoms with Gasteiger partial charge in [-0.1, -0.05) is 5.23 Å². The molecule has 0 aliphatic carbocycles. The number of hydroxylamine groups is 2. The van der Waals surface area contributed by atoms with Gasteiger partial charge in [-0.3, -0.25) is 10.4 Å². The van der Waals surface area contributed by atoms with Gasteiger partial charge in [0.2, 0.25) is 0 Å². The molecule has 1 unspecified atom stereocenters. The molecule has 0 saturated heterocycles. The summed E-state index contributed by atoms with van der Waals surface area (Å²) in [6, 6.07) is -1.07. The van der Waals surface area contributed by atoms with E-state index in [9.17, 15) is 0 Å². The van der Waals surface area contributed by atoms with E-state index >= 15 is 0 Å². The minimum atomic E-state index is -1.73. The largest absolute Gasteiger partial charge is 0.367 e. The van der Waals surface area contributed by atoms with Crippen molar-refractivity contribution < 1.29 is 20.6 Å². The van der Waals surface area contributed by atoms with Crippen molar-refractivity contribution in [3.63, 3.8) is 0 Å². The van der Waals surface area contributed by atoms with Gasteiger partial charge in [-0.05, 0) is 6.92 Å². The van der Waals surface area contributed by atoms with E-state index in [2.05, 4.69) is 0 Å². The fourth-order valence-electron chi connectivity index (χ4n) is 0.119. The van der Waals surface area contributed by atoms with Crippen LogP contribution in [0.2, 0.25) is 0 Å². The van der Waals surface area contributed by atoms with Gasteiger partial charge < -0.3 is 10.2 Å². The van der Waals surface area contributed by atoms with Crippen molar-refractivity contribution in [1.29, 1.82) is 0 Å². The van der Waals surface area contributed by atoms with Gasteiger partial charge in [0.1, 0.15) is 6.04 Å². The summed E-state index contributed by atoms with van der Waals surface area (Å²) in [6.45, 7) is 1.24. The highest BCUT2D eigenvalue weighted by Crippen LogP contribution is 1.93. The summed E-state index contributed by atoms with van der Waals surface area (Å²) in [5.74, 6) is 0. The van der Waals surface area contributed by atoms with Gasteiger partial charge in [-0.15, -0.1) is 0 Å². The second-order valence-corrected chi connectivity index (χ2v) is 1.47. The fraction of sp³-hybridized carbons (Fsp3) is 1.00. The molecular formula is C3H9NO4. The van der Waals surface area contributed by atoms with Crippen LogP contribution in [0.3, 0.4) is 0 Å².